The molecular weight excluding hydrogens is 468 g/mol. The summed E-state index contributed by atoms with van der Waals surface area (Å²) in [5, 5.41) is 0.955. The lowest BCUT2D eigenvalue weighted by atomic mass is 9.93. The normalized spacial score (nSPS) is 24.3. The summed E-state index contributed by atoms with van der Waals surface area (Å²) in [5.74, 6) is 0.924. The number of benzene rings is 1. The zero-order chi connectivity index (χ0) is 23.5. The minimum atomic E-state index is -0.0476. The second-order valence-electron chi connectivity index (χ2n) is 9.03. The van der Waals surface area contributed by atoms with E-state index in [-0.39, 0.29) is 24.4 Å². The molecule has 34 heavy (non-hydrogen) atoms. The van der Waals surface area contributed by atoms with Gasteiger partial charge in [-0.05, 0) is 42.7 Å². The van der Waals surface area contributed by atoms with Gasteiger partial charge in [-0.25, -0.2) is 4.98 Å². The molecule has 0 radical (unpaired) electrons. The third-order valence-electron chi connectivity index (χ3n) is 6.92. The van der Waals surface area contributed by atoms with Gasteiger partial charge in [-0.1, -0.05) is 48.7 Å². The lowest BCUT2D eigenvalue weighted by molar-refractivity contribution is -0.141. The average Bonchev–Trinajstić information content (AvgIpc) is 2.88. The molecule has 1 aromatic heterocycles. The molecule has 0 N–H and O–H groups in total. The molecule has 1 aliphatic carbocycles. The quantitative estimate of drug-likeness (QED) is 0.590. The fraction of sp³-hybridized carbons (Fsp3) is 0.423. The van der Waals surface area contributed by atoms with E-state index in [1.54, 1.807) is 18.0 Å². The molecule has 2 aliphatic heterocycles. The highest BCUT2D eigenvalue weighted by atomic mass is 35.5. The molecule has 2 aromatic rings. The highest BCUT2D eigenvalue weighted by Gasteiger charge is 2.41. The van der Waals surface area contributed by atoms with E-state index in [0.717, 1.165) is 43.7 Å². The number of carbonyl (C=O) groups excluding carboxylic acids is 2. The number of rotatable bonds is 4. The Kier molecular flexibility index (Phi) is 7.11. The number of anilines is 1. The predicted octanol–water partition coefficient (Wildman–Crippen LogP) is 4.31. The topological polar surface area (TPSA) is 56.8 Å². The number of pyridine rings is 1. The Labute approximate surface area is 210 Å². The van der Waals surface area contributed by atoms with Crippen LogP contribution < -0.4 is 4.90 Å². The van der Waals surface area contributed by atoms with Crippen LogP contribution in [0.15, 0.2) is 53.6 Å². The smallest absolute Gasteiger partial charge is 0.261 e. The van der Waals surface area contributed by atoms with Crippen LogP contribution in [0.2, 0.25) is 5.02 Å². The molecule has 8 heteroatoms. The molecule has 2 unspecified atom stereocenters. The Hall–Kier alpha value is -2.51. The first-order chi connectivity index (χ1) is 16.6. The summed E-state index contributed by atoms with van der Waals surface area (Å²) in [6, 6.07) is 13.6. The SMILES string of the molecule is O=C(CN1C(=O)/C(=C\c2ccccc2Cl)SC2CCCCC21)N1CCN(c2ccccn2)CC1. The van der Waals surface area contributed by atoms with Gasteiger partial charge in [-0.2, -0.15) is 0 Å². The van der Waals surface area contributed by atoms with Gasteiger partial charge in [0.25, 0.3) is 5.91 Å². The van der Waals surface area contributed by atoms with Gasteiger partial charge in [0.05, 0.1) is 4.91 Å². The lowest BCUT2D eigenvalue weighted by Gasteiger charge is -2.45. The van der Waals surface area contributed by atoms with E-state index in [9.17, 15) is 9.59 Å². The molecule has 2 atom stereocenters. The van der Waals surface area contributed by atoms with Crippen LogP contribution in [0, 0.1) is 0 Å². The van der Waals surface area contributed by atoms with Crippen molar-refractivity contribution in [2.24, 2.45) is 0 Å². The number of halogens is 1. The van der Waals surface area contributed by atoms with E-state index in [1.165, 1.54) is 6.42 Å². The molecule has 1 aromatic carbocycles. The Morgan fingerprint density at radius 1 is 1.06 bits per heavy atom. The number of nitrogens with zero attached hydrogens (tertiary/aromatic N) is 4. The Morgan fingerprint density at radius 2 is 1.82 bits per heavy atom. The number of aromatic nitrogens is 1. The third kappa shape index (κ3) is 4.96. The Balaban J connectivity index is 1.29. The molecule has 0 spiro atoms. The van der Waals surface area contributed by atoms with Crippen molar-refractivity contribution in [2.75, 3.05) is 37.6 Å². The van der Waals surface area contributed by atoms with E-state index < -0.39 is 0 Å². The van der Waals surface area contributed by atoms with Gasteiger partial charge in [-0.15, -0.1) is 11.8 Å². The van der Waals surface area contributed by atoms with Crippen LogP contribution >= 0.6 is 23.4 Å². The third-order valence-corrected chi connectivity index (χ3v) is 8.66. The van der Waals surface area contributed by atoms with Gasteiger partial charge in [0.1, 0.15) is 12.4 Å². The van der Waals surface area contributed by atoms with Crippen LogP contribution in [0.1, 0.15) is 31.2 Å². The van der Waals surface area contributed by atoms with Crippen LogP contribution in [0.4, 0.5) is 5.82 Å². The van der Waals surface area contributed by atoms with E-state index in [2.05, 4.69) is 9.88 Å². The first-order valence-corrected chi connectivity index (χ1v) is 13.2. The number of hydrogen-bond donors (Lipinski definition) is 0. The Bertz CT molecular complexity index is 1070. The lowest BCUT2D eigenvalue weighted by Crippen LogP contribution is -2.57. The number of fused-ring (bicyclic) bond motifs is 1. The first kappa shape index (κ1) is 23.2. The predicted molar refractivity (Wildman–Crippen MR) is 138 cm³/mol. The van der Waals surface area contributed by atoms with Gasteiger partial charge in [-0.3, -0.25) is 9.59 Å². The highest BCUT2D eigenvalue weighted by molar-refractivity contribution is 8.04. The van der Waals surface area contributed by atoms with Gasteiger partial charge in [0.15, 0.2) is 0 Å². The Morgan fingerprint density at radius 3 is 2.59 bits per heavy atom. The first-order valence-electron chi connectivity index (χ1n) is 12.0. The van der Waals surface area contributed by atoms with Crippen molar-refractivity contribution in [3.8, 4) is 0 Å². The molecule has 3 aliphatic rings. The van der Waals surface area contributed by atoms with Gasteiger partial charge < -0.3 is 14.7 Å². The summed E-state index contributed by atoms with van der Waals surface area (Å²) in [6.45, 7) is 2.92. The van der Waals surface area contributed by atoms with Crippen molar-refractivity contribution in [1.82, 2.24) is 14.8 Å². The summed E-state index contributed by atoms with van der Waals surface area (Å²) in [4.78, 5) is 37.9. The molecule has 6 nitrogen and oxygen atoms in total. The molecular formula is C26H29ClN4O2S. The van der Waals surface area contributed by atoms with Crippen molar-refractivity contribution in [2.45, 2.75) is 37.0 Å². The van der Waals surface area contributed by atoms with Crippen molar-refractivity contribution in [3.05, 3.63) is 64.2 Å². The molecule has 3 heterocycles. The maximum absolute atomic E-state index is 13.6. The second-order valence-corrected chi connectivity index (χ2v) is 10.7. The molecule has 0 bridgehead atoms. The fourth-order valence-corrected chi connectivity index (χ4v) is 6.72. The molecule has 2 saturated heterocycles. The van der Waals surface area contributed by atoms with Crippen LogP contribution in [0.3, 0.4) is 0 Å². The molecule has 1 saturated carbocycles. The number of hydrogen-bond acceptors (Lipinski definition) is 5. The molecule has 2 amide bonds. The van der Waals surface area contributed by atoms with Gasteiger partial charge in [0, 0.05) is 48.7 Å². The van der Waals surface area contributed by atoms with E-state index in [1.807, 2.05) is 58.3 Å². The fourth-order valence-electron chi connectivity index (χ4n) is 5.07. The maximum atomic E-state index is 13.6. The van der Waals surface area contributed by atoms with Crippen molar-refractivity contribution in [1.29, 1.82) is 0 Å². The second kappa shape index (κ2) is 10.4. The van der Waals surface area contributed by atoms with Gasteiger partial charge >= 0.3 is 0 Å². The zero-order valence-corrected chi connectivity index (χ0v) is 20.7. The van der Waals surface area contributed by atoms with E-state index in [0.29, 0.717) is 28.3 Å². The zero-order valence-electron chi connectivity index (χ0n) is 19.1. The summed E-state index contributed by atoms with van der Waals surface area (Å²) >= 11 is 8.02. The van der Waals surface area contributed by atoms with Crippen LogP contribution in [-0.4, -0.2) is 70.6 Å². The summed E-state index contributed by atoms with van der Waals surface area (Å²) in [7, 11) is 0. The van der Waals surface area contributed by atoms with Crippen molar-refractivity contribution >= 4 is 47.1 Å². The van der Waals surface area contributed by atoms with Gasteiger partial charge in [0.2, 0.25) is 5.91 Å². The monoisotopic (exact) mass is 496 g/mol. The van der Waals surface area contributed by atoms with E-state index in [4.69, 9.17) is 11.6 Å². The van der Waals surface area contributed by atoms with Crippen LogP contribution in [-0.2, 0) is 9.59 Å². The average molecular weight is 497 g/mol. The summed E-state index contributed by atoms with van der Waals surface area (Å²) in [5.41, 5.74) is 0.839. The maximum Gasteiger partial charge on any atom is 0.261 e. The minimum Gasteiger partial charge on any atom is -0.353 e. The molecule has 3 fully saturated rings. The van der Waals surface area contributed by atoms with Crippen molar-refractivity contribution in [3.63, 3.8) is 0 Å². The molecule has 178 valence electrons. The minimum absolute atomic E-state index is 0.0299. The standard InChI is InChI=1S/C26H29ClN4O2S/c27-20-8-2-1-7-19(20)17-23-26(33)31(21-9-3-4-10-22(21)34-23)18-25(32)30-15-13-29(14-16-30)24-11-5-6-12-28-24/h1-2,5-8,11-12,17,21-22H,3-4,9-10,13-16,18H2/b23-17+. The number of carbonyl (C=O) groups is 2. The van der Waals surface area contributed by atoms with E-state index >= 15 is 0 Å². The molecule has 5 rings (SSSR count). The summed E-state index contributed by atoms with van der Waals surface area (Å²) in [6.07, 6.45) is 7.98. The number of thioether (sulfide) groups is 1. The van der Waals surface area contributed by atoms with Crippen molar-refractivity contribution < 1.29 is 9.59 Å². The van der Waals surface area contributed by atoms with Crippen LogP contribution in [0.25, 0.3) is 6.08 Å². The largest absolute Gasteiger partial charge is 0.353 e. The number of piperazine rings is 1. The summed E-state index contributed by atoms with van der Waals surface area (Å²) < 4.78 is 0. The van der Waals surface area contributed by atoms with Crippen LogP contribution in [0.5, 0.6) is 0 Å². The number of amides is 2. The highest BCUT2D eigenvalue weighted by Crippen LogP contribution is 2.42.